The summed E-state index contributed by atoms with van der Waals surface area (Å²) in [6.07, 6.45) is 3.29. The summed E-state index contributed by atoms with van der Waals surface area (Å²) in [4.78, 5) is 23.4. The number of halogens is 2. The van der Waals surface area contributed by atoms with Crippen LogP contribution in [0, 0.1) is 11.6 Å². The fraction of sp³-hybridized carbons (Fsp3) is 0.438. The van der Waals surface area contributed by atoms with Gasteiger partial charge >= 0.3 is 0 Å². The number of rotatable bonds is 8. The molecule has 2 aromatic rings. The van der Waals surface area contributed by atoms with Gasteiger partial charge in [0.2, 0.25) is 5.91 Å². The number of phenols is 2. The van der Waals surface area contributed by atoms with Crippen molar-refractivity contribution >= 4 is 11.7 Å². The zero-order chi connectivity index (χ0) is 31.5. The first kappa shape index (κ1) is 33.5. The third-order valence-electron chi connectivity index (χ3n) is 7.60. The zero-order valence-electron chi connectivity index (χ0n) is 25.2. The van der Waals surface area contributed by atoms with Gasteiger partial charge in [-0.1, -0.05) is 26.5 Å². The number of aliphatic imine (C=N–C) groups is 1. The summed E-state index contributed by atoms with van der Waals surface area (Å²) < 4.78 is 27.2. The molecule has 234 valence electrons. The molecule has 11 heteroatoms. The first-order valence-corrected chi connectivity index (χ1v) is 14.7. The van der Waals surface area contributed by atoms with E-state index in [9.17, 15) is 28.9 Å². The highest BCUT2D eigenvalue weighted by atomic mass is 19.1. The van der Waals surface area contributed by atoms with Crippen LogP contribution >= 0.6 is 0 Å². The van der Waals surface area contributed by atoms with Crippen molar-refractivity contribution in [3.8, 4) is 11.5 Å². The number of piperazine rings is 1. The van der Waals surface area contributed by atoms with E-state index in [0.29, 0.717) is 48.2 Å². The number of piperidine rings is 1. The molecule has 0 atom stereocenters. The number of likely N-dealkylation sites (tertiary alicyclic amines) is 1. The topological polar surface area (TPSA) is 112 Å². The van der Waals surface area contributed by atoms with Crippen molar-refractivity contribution in [1.82, 2.24) is 20.0 Å². The third kappa shape index (κ3) is 9.52. The maximum absolute atomic E-state index is 14.0. The number of nitrogens with one attached hydrogen (secondary N) is 1. The van der Waals surface area contributed by atoms with Crippen LogP contribution in [0.25, 0.3) is 0 Å². The second-order valence-corrected chi connectivity index (χ2v) is 10.5. The van der Waals surface area contributed by atoms with Crippen LogP contribution in [-0.4, -0.2) is 87.1 Å². The standard InChI is InChI=1S/C30H37F2N5O4.C2H6/c1-20(30(41)34-18-22-4-6-26(39)16-28(22)40)17-33-29(21(2)38)37-13-11-36(12-14-37)25-7-9-35(10-8-25)19-23-3-5-24(31)15-27(23)32;1-2/h3-6,15-17,25,38-40H,2,7-14,18-19H2,1H3,(H,34,41);1-2H3/b20-17+,33-29?;. The molecule has 43 heavy (non-hydrogen) atoms. The van der Waals surface area contributed by atoms with Gasteiger partial charge in [0.1, 0.15) is 23.1 Å². The Hall–Kier alpha value is -3.96. The lowest BCUT2D eigenvalue weighted by atomic mass is 10.0. The monoisotopic (exact) mass is 599 g/mol. The minimum Gasteiger partial charge on any atom is -0.508 e. The van der Waals surface area contributed by atoms with Gasteiger partial charge in [-0.15, -0.1) is 0 Å². The van der Waals surface area contributed by atoms with Crippen LogP contribution < -0.4 is 5.32 Å². The van der Waals surface area contributed by atoms with E-state index in [1.54, 1.807) is 6.92 Å². The van der Waals surface area contributed by atoms with Gasteiger partial charge < -0.3 is 25.5 Å². The smallest absolute Gasteiger partial charge is 0.248 e. The summed E-state index contributed by atoms with van der Waals surface area (Å²) in [5, 5.41) is 32.2. The van der Waals surface area contributed by atoms with Crippen LogP contribution in [0.15, 0.2) is 65.5 Å². The van der Waals surface area contributed by atoms with E-state index in [2.05, 4.69) is 26.7 Å². The third-order valence-corrected chi connectivity index (χ3v) is 7.60. The molecular formula is C32H43F2N5O4. The first-order chi connectivity index (χ1) is 20.6. The van der Waals surface area contributed by atoms with E-state index in [4.69, 9.17) is 0 Å². The highest BCUT2D eigenvalue weighted by molar-refractivity contribution is 5.97. The van der Waals surface area contributed by atoms with Gasteiger partial charge in [0.05, 0.1) is 0 Å². The van der Waals surface area contributed by atoms with Crippen molar-refractivity contribution in [2.75, 3.05) is 39.3 Å². The number of hydrogen-bond donors (Lipinski definition) is 4. The number of carbonyl (C=O) groups excluding carboxylic acids is 1. The normalized spacial score (nSPS) is 17.3. The van der Waals surface area contributed by atoms with Crippen LogP contribution in [0.3, 0.4) is 0 Å². The van der Waals surface area contributed by atoms with Gasteiger partial charge in [0.25, 0.3) is 0 Å². The molecule has 9 nitrogen and oxygen atoms in total. The quantitative estimate of drug-likeness (QED) is 0.151. The van der Waals surface area contributed by atoms with Gasteiger partial charge in [0, 0.05) is 80.3 Å². The van der Waals surface area contributed by atoms with Crippen molar-refractivity contribution in [3.63, 3.8) is 0 Å². The lowest BCUT2D eigenvalue weighted by molar-refractivity contribution is -0.117. The van der Waals surface area contributed by atoms with E-state index in [-0.39, 0.29) is 29.7 Å². The fourth-order valence-electron chi connectivity index (χ4n) is 5.20. The minimum absolute atomic E-state index is 0.0673. The van der Waals surface area contributed by atoms with Gasteiger partial charge in [-0.3, -0.25) is 14.6 Å². The number of hydrogen-bond acceptors (Lipinski definition) is 7. The van der Waals surface area contributed by atoms with Crippen LogP contribution in [0.4, 0.5) is 8.78 Å². The maximum Gasteiger partial charge on any atom is 0.248 e. The van der Waals surface area contributed by atoms with Crippen molar-refractivity contribution in [2.24, 2.45) is 4.99 Å². The van der Waals surface area contributed by atoms with Crippen LogP contribution in [0.2, 0.25) is 0 Å². The Morgan fingerprint density at radius 1 is 1.02 bits per heavy atom. The molecule has 4 N–H and O–H groups in total. The molecule has 0 spiro atoms. The van der Waals surface area contributed by atoms with Gasteiger partial charge in [-0.25, -0.2) is 13.8 Å². The Morgan fingerprint density at radius 2 is 1.67 bits per heavy atom. The second kappa shape index (κ2) is 16.0. The number of benzene rings is 2. The predicted molar refractivity (Wildman–Crippen MR) is 164 cm³/mol. The average Bonchev–Trinajstić information content (AvgIpc) is 2.99. The molecule has 0 bridgehead atoms. The highest BCUT2D eigenvalue weighted by Crippen LogP contribution is 2.23. The summed E-state index contributed by atoms with van der Waals surface area (Å²) in [5.74, 6) is -1.52. The van der Waals surface area contributed by atoms with Crippen molar-refractivity contribution in [1.29, 1.82) is 0 Å². The molecule has 0 unspecified atom stereocenters. The number of aliphatic hydroxyl groups is 1. The zero-order valence-corrected chi connectivity index (χ0v) is 25.2. The first-order valence-electron chi connectivity index (χ1n) is 14.7. The minimum atomic E-state index is -0.567. The molecule has 2 fully saturated rings. The summed E-state index contributed by atoms with van der Waals surface area (Å²) in [6.45, 7) is 14.3. The molecule has 2 saturated heterocycles. The van der Waals surface area contributed by atoms with Gasteiger partial charge in [0.15, 0.2) is 11.6 Å². The van der Waals surface area contributed by atoms with Crippen LogP contribution in [0.5, 0.6) is 11.5 Å². The fourth-order valence-corrected chi connectivity index (χ4v) is 5.20. The van der Waals surface area contributed by atoms with Gasteiger partial charge in [-0.2, -0.15) is 0 Å². The Bertz CT molecular complexity index is 1320. The molecule has 1 amide bonds. The van der Waals surface area contributed by atoms with E-state index in [1.807, 2.05) is 18.7 Å². The van der Waals surface area contributed by atoms with Crippen molar-refractivity contribution in [2.45, 2.75) is 52.7 Å². The lowest BCUT2D eigenvalue weighted by Gasteiger charge is -2.43. The summed E-state index contributed by atoms with van der Waals surface area (Å²) in [5.41, 5.74) is 1.28. The summed E-state index contributed by atoms with van der Waals surface area (Å²) in [7, 11) is 0. The highest BCUT2D eigenvalue weighted by Gasteiger charge is 2.29. The SMILES string of the molecule is C=C(O)C(=N/C=C(\C)C(=O)NCc1ccc(O)cc1O)N1CCN(C2CCN(Cc3ccc(F)cc3F)CC2)CC1.CC. The number of aliphatic hydroxyl groups excluding tert-OH is 1. The van der Waals surface area contributed by atoms with E-state index in [1.165, 1.54) is 36.5 Å². The number of amidine groups is 1. The van der Waals surface area contributed by atoms with Crippen LogP contribution in [0.1, 0.15) is 44.7 Å². The van der Waals surface area contributed by atoms with Gasteiger partial charge in [-0.05, 0) is 51.1 Å². The molecular weight excluding hydrogens is 556 g/mol. The van der Waals surface area contributed by atoms with E-state index < -0.39 is 11.6 Å². The molecule has 2 aromatic carbocycles. The Morgan fingerprint density at radius 3 is 2.28 bits per heavy atom. The predicted octanol–water partition coefficient (Wildman–Crippen LogP) is 4.67. The summed E-state index contributed by atoms with van der Waals surface area (Å²) in [6, 6.07) is 8.29. The lowest BCUT2D eigenvalue weighted by Crippen LogP contribution is -2.54. The Balaban J connectivity index is 0.00000248. The molecule has 0 aromatic heterocycles. The Kier molecular flexibility index (Phi) is 12.5. The van der Waals surface area contributed by atoms with Crippen molar-refractivity contribution in [3.05, 3.63) is 83.3 Å². The molecule has 0 radical (unpaired) electrons. The van der Waals surface area contributed by atoms with Crippen molar-refractivity contribution < 1.29 is 28.9 Å². The molecule has 2 aliphatic heterocycles. The van der Waals surface area contributed by atoms with E-state index in [0.717, 1.165) is 45.1 Å². The molecule has 4 rings (SSSR count). The Labute approximate surface area is 252 Å². The number of nitrogens with zero attached hydrogens (tertiary/aromatic N) is 4. The largest absolute Gasteiger partial charge is 0.508 e. The molecule has 0 aliphatic carbocycles. The van der Waals surface area contributed by atoms with E-state index >= 15 is 0 Å². The number of phenolic OH excluding ortho intramolecular Hbond substituents is 2. The number of aromatic hydroxyl groups is 2. The second-order valence-electron chi connectivity index (χ2n) is 10.5. The molecule has 0 saturated carbocycles. The van der Waals surface area contributed by atoms with Crippen LogP contribution in [-0.2, 0) is 17.9 Å². The number of carbonyl (C=O) groups is 1. The average molecular weight is 600 g/mol. The number of amides is 1. The molecule has 2 aliphatic rings. The molecule has 2 heterocycles. The summed E-state index contributed by atoms with van der Waals surface area (Å²) >= 11 is 0. The maximum atomic E-state index is 14.0.